The van der Waals surface area contributed by atoms with Crippen LogP contribution in [0.5, 0.6) is 0 Å². The number of rotatable bonds is 30. The van der Waals surface area contributed by atoms with Gasteiger partial charge in [-0.15, -0.1) is 0 Å². The number of hydrogen-bond donors (Lipinski definition) is 1. The average Bonchev–Trinajstić information content (AvgIpc) is 2.88. The van der Waals surface area contributed by atoms with Crippen LogP contribution in [0.3, 0.4) is 0 Å². The molecule has 0 aliphatic rings. The Labute approximate surface area is 246 Å². The van der Waals surface area contributed by atoms with E-state index in [9.17, 15) is 19.4 Å². The van der Waals surface area contributed by atoms with E-state index in [4.69, 9.17) is 9.26 Å². The molecule has 0 saturated carbocycles. The topological polar surface area (TPSA) is 105 Å². The summed E-state index contributed by atoms with van der Waals surface area (Å²) < 4.78 is 26.8. The van der Waals surface area contributed by atoms with E-state index < -0.39 is 20.5 Å². The number of nitrogens with zero attached hydrogens (tertiary/aromatic N) is 1. The maximum Gasteiger partial charge on any atom is 0.305 e. The number of aliphatic hydroxyl groups excluding tert-OH is 1. The van der Waals surface area contributed by atoms with Crippen molar-refractivity contribution in [1.29, 1.82) is 0 Å². The molecule has 0 rings (SSSR count). The molecular weight excluding hydrogens is 529 g/mol. The number of esters is 1. The zero-order valence-corrected chi connectivity index (χ0v) is 27.4. The molecule has 0 spiro atoms. The fraction of sp³-hybridized carbons (Fsp3) is 0.968. The second-order valence-corrected chi connectivity index (χ2v) is 13.8. The molecule has 0 aromatic heterocycles. The highest BCUT2D eigenvalue weighted by Gasteiger charge is 2.16. The Kier molecular flexibility index (Phi) is 25.8. The maximum atomic E-state index is 11.9. The fourth-order valence-corrected chi connectivity index (χ4v) is 5.21. The Morgan fingerprint density at radius 1 is 0.700 bits per heavy atom. The lowest BCUT2D eigenvalue weighted by Crippen LogP contribution is -2.37. The lowest BCUT2D eigenvalue weighted by Gasteiger charge is -2.27. The van der Waals surface area contributed by atoms with Crippen molar-refractivity contribution in [3.63, 3.8) is 0 Å². The van der Waals surface area contributed by atoms with Crippen molar-refractivity contribution >= 4 is 13.8 Å². The third-order valence-electron chi connectivity index (χ3n) is 7.11. The maximum absolute atomic E-state index is 11.9. The number of aliphatic hydroxyl groups is 1. The predicted octanol–water partition coefficient (Wildman–Crippen LogP) is 7.31. The summed E-state index contributed by atoms with van der Waals surface area (Å²) in [6.07, 6.45) is 25.3. The Bertz CT molecular complexity index is 627. The first kappa shape index (κ1) is 39.5. The number of phosphoric ester groups is 1. The summed E-state index contributed by atoms with van der Waals surface area (Å²) in [7, 11) is 1.26. The van der Waals surface area contributed by atoms with E-state index in [1.165, 1.54) is 109 Å². The lowest BCUT2D eigenvalue weighted by molar-refractivity contribution is -0.870. The van der Waals surface area contributed by atoms with Gasteiger partial charge in [0.05, 0.1) is 27.7 Å². The smallest absolute Gasteiger partial charge is 0.305 e. The van der Waals surface area contributed by atoms with Crippen molar-refractivity contribution in [1.82, 2.24) is 0 Å². The molecule has 2 atom stereocenters. The third kappa shape index (κ3) is 30.5. The number of carbonyl (C=O) groups excluding carboxylic acids is 1. The Balaban J connectivity index is 3.43. The van der Waals surface area contributed by atoms with Crippen LogP contribution >= 0.6 is 7.82 Å². The Morgan fingerprint density at radius 3 is 1.50 bits per heavy atom. The van der Waals surface area contributed by atoms with Crippen LogP contribution in [-0.4, -0.2) is 69.2 Å². The van der Waals surface area contributed by atoms with Gasteiger partial charge < -0.3 is 28.3 Å². The van der Waals surface area contributed by atoms with Crippen molar-refractivity contribution in [2.75, 3.05) is 47.5 Å². The van der Waals surface area contributed by atoms with Crippen molar-refractivity contribution in [3.05, 3.63) is 0 Å². The van der Waals surface area contributed by atoms with Gasteiger partial charge in [-0.2, -0.15) is 0 Å². The summed E-state index contributed by atoms with van der Waals surface area (Å²) in [4.78, 5) is 23.6. The quantitative estimate of drug-likeness (QED) is 0.0403. The highest BCUT2D eigenvalue weighted by molar-refractivity contribution is 7.45. The van der Waals surface area contributed by atoms with Crippen LogP contribution in [0.2, 0.25) is 0 Å². The predicted molar refractivity (Wildman–Crippen MR) is 162 cm³/mol. The minimum atomic E-state index is -4.49. The van der Waals surface area contributed by atoms with Gasteiger partial charge in [0.25, 0.3) is 7.82 Å². The molecule has 40 heavy (non-hydrogen) atoms. The molecule has 9 heteroatoms. The van der Waals surface area contributed by atoms with E-state index >= 15 is 0 Å². The van der Waals surface area contributed by atoms with Gasteiger partial charge in [0.1, 0.15) is 25.9 Å². The standard InChI is InChI=1S/C31H64NO7P/c1-5-6-7-8-9-10-11-12-13-14-15-16-17-18-19-20-21-22-23-24-25-31(34)37-28-30(33)29-39-40(35,36)38-27-26-32(2,3)4/h30,33H,5-29H2,1-4H3/t30-/m1/s1. The molecule has 0 fully saturated rings. The van der Waals surface area contributed by atoms with Gasteiger partial charge in [-0.05, 0) is 6.42 Å². The number of unbranched alkanes of at least 4 members (excludes halogenated alkanes) is 19. The first-order valence-electron chi connectivity index (χ1n) is 16.3. The molecule has 0 heterocycles. The Morgan fingerprint density at radius 2 is 1.10 bits per heavy atom. The van der Waals surface area contributed by atoms with Crippen LogP contribution in [0.1, 0.15) is 142 Å². The van der Waals surface area contributed by atoms with Crippen LogP contribution in [0.15, 0.2) is 0 Å². The zero-order chi connectivity index (χ0) is 30.0. The molecule has 0 aromatic carbocycles. The van der Waals surface area contributed by atoms with Crippen LogP contribution < -0.4 is 4.89 Å². The molecule has 0 aliphatic carbocycles. The van der Waals surface area contributed by atoms with Crippen LogP contribution in [0.25, 0.3) is 0 Å². The van der Waals surface area contributed by atoms with E-state index in [2.05, 4.69) is 11.4 Å². The summed E-state index contributed by atoms with van der Waals surface area (Å²) in [5.41, 5.74) is 0. The summed E-state index contributed by atoms with van der Waals surface area (Å²) in [5.74, 6) is -0.383. The van der Waals surface area contributed by atoms with E-state index in [1.807, 2.05) is 21.1 Å². The Hall–Kier alpha value is -0.500. The van der Waals surface area contributed by atoms with Crippen molar-refractivity contribution in [3.8, 4) is 0 Å². The molecule has 1 N–H and O–H groups in total. The van der Waals surface area contributed by atoms with Gasteiger partial charge in [0.15, 0.2) is 0 Å². The third-order valence-corrected chi connectivity index (χ3v) is 8.07. The van der Waals surface area contributed by atoms with E-state index in [-0.39, 0.29) is 19.2 Å². The summed E-state index contributed by atoms with van der Waals surface area (Å²) in [6.45, 7) is 1.97. The molecule has 1 unspecified atom stereocenters. The van der Waals surface area contributed by atoms with Crippen LogP contribution in [0.4, 0.5) is 0 Å². The number of hydrogen-bond acceptors (Lipinski definition) is 7. The largest absolute Gasteiger partial charge is 0.756 e. The van der Waals surface area contributed by atoms with Crippen molar-refractivity contribution in [2.24, 2.45) is 0 Å². The van der Waals surface area contributed by atoms with Gasteiger partial charge in [-0.25, -0.2) is 0 Å². The summed E-state index contributed by atoms with van der Waals surface area (Å²) in [5, 5.41) is 9.84. The minimum Gasteiger partial charge on any atom is -0.756 e. The number of ether oxygens (including phenoxy) is 1. The number of quaternary nitrogens is 1. The van der Waals surface area contributed by atoms with Crippen molar-refractivity contribution < 1.29 is 37.6 Å². The second-order valence-electron chi connectivity index (χ2n) is 12.4. The highest BCUT2D eigenvalue weighted by atomic mass is 31.2. The van der Waals surface area contributed by atoms with Gasteiger partial charge in [0.2, 0.25) is 0 Å². The molecule has 0 aromatic rings. The number of carbonyl (C=O) groups is 1. The van der Waals surface area contributed by atoms with Crippen LogP contribution in [0, 0.1) is 0 Å². The summed E-state index contributed by atoms with van der Waals surface area (Å²) in [6, 6.07) is 0. The van der Waals surface area contributed by atoms with Gasteiger partial charge in [0, 0.05) is 6.42 Å². The highest BCUT2D eigenvalue weighted by Crippen LogP contribution is 2.38. The van der Waals surface area contributed by atoms with E-state index in [0.717, 1.165) is 19.3 Å². The first-order valence-corrected chi connectivity index (χ1v) is 17.8. The molecular formula is C31H64NO7P. The number of likely N-dealkylation sites (N-methyl/N-ethyl adjacent to an activating group) is 1. The normalized spacial score (nSPS) is 14.2. The van der Waals surface area contributed by atoms with Crippen LogP contribution in [-0.2, 0) is 23.1 Å². The zero-order valence-electron chi connectivity index (χ0n) is 26.5. The van der Waals surface area contributed by atoms with Gasteiger partial charge in [-0.1, -0.05) is 129 Å². The SMILES string of the molecule is CCCCCCCCCCCCCCCCCCCCCCC(=O)OC[C@@H](O)COP(=O)([O-])OCC[N+](C)(C)C. The monoisotopic (exact) mass is 593 g/mol. The minimum absolute atomic E-state index is 0.00512. The molecule has 8 nitrogen and oxygen atoms in total. The summed E-state index contributed by atoms with van der Waals surface area (Å²) >= 11 is 0. The number of phosphoric acid groups is 1. The average molecular weight is 594 g/mol. The molecule has 0 saturated heterocycles. The second kappa shape index (κ2) is 26.2. The molecule has 0 radical (unpaired) electrons. The molecule has 240 valence electrons. The lowest BCUT2D eigenvalue weighted by atomic mass is 10.0. The fourth-order valence-electron chi connectivity index (χ4n) is 4.48. The molecule has 0 amide bonds. The molecule has 0 bridgehead atoms. The first-order chi connectivity index (χ1) is 19.1. The van der Waals surface area contributed by atoms with Gasteiger partial charge in [-0.3, -0.25) is 9.36 Å². The van der Waals surface area contributed by atoms with Crippen molar-refractivity contribution in [2.45, 2.75) is 148 Å². The van der Waals surface area contributed by atoms with Gasteiger partial charge >= 0.3 is 5.97 Å². The molecule has 0 aliphatic heterocycles. The van der Waals surface area contributed by atoms with E-state index in [0.29, 0.717) is 17.4 Å². The van der Waals surface area contributed by atoms with E-state index in [1.54, 1.807) is 0 Å².